The van der Waals surface area contributed by atoms with E-state index in [1.54, 1.807) is 10.6 Å². The number of halogens is 2. The Labute approximate surface area is 129 Å². The zero-order chi connectivity index (χ0) is 15.0. The minimum Gasteiger partial charge on any atom is -0.494 e. The molecule has 0 saturated carbocycles. The summed E-state index contributed by atoms with van der Waals surface area (Å²) in [5.74, 6) is 0.684. The molecule has 0 aliphatic rings. The minimum absolute atomic E-state index is 0.302. The van der Waals surface area contributed by atoms with E-state index < -0.39 is 0 Å². The van der Waals surface area contributed by atoms with E-state index in [9.17, 15) is 4.39 Å². The first kappa shape index (κ1) is 13.9. The molecule has 0 radical (unpaired) electrons. The third-order valence-electron chi connectivity index (χ3n) is 3.11. The van der Waals surface area contributed by atoms with Crippen molar-refractivity contribution in [3.8, 4) is 11.4 Å². The largest absolute Gasteiger partial charge is 0.494 e. The molecule has 2 aromatic carbocycles. The summed E-state index contributed by atoms with van der Waals surface area (Å²) in [5.41, 5.74) is 8.04. The highest BCUT2D eigenvalue weighted by Crippen LogP contribution is 2.29. The van der Waals surface area contributed by atoms with Crippen LogP contribution in [0.4, 0.5) is 10.3 Å². The van der Waals surface area contributed by atoms with Crippen LogP contribution in [0.25, 0.3) is 16.7 Å². The molecule has 1 aromatic heterocycles. The number of ether oxygens (including phenoxy) is 1. The van der Waals surface area contributed by atoms with Gasteiger partial charge in [-0.3, -0.25) is 4.57 Å². The molecule has 108 valence electrons. The summed E-state index contributed by atoms with van der Waals surface area (Å²) in [4.78, 5) is 4.21. The number of hydrogen-bond donors (Lipinski definition) is 1. The second kappa shape index (κ2) is 5.37. The van der Waals surface area contributed by atoms with Gasteiger partial charge >= 0.3 is 0 Å². The Morgan fingerprint density at radius 3 is 2.90 bits per heavy atom. The smallest absolute Gasteiger partial charge is 0.205 e. The fourth-order valence-electron chi connectivity index (χ4n) is 2.24. The lowest BCUT2D eigenvalue weighted by molar-refractivity contribution is 0.340. The number of imidazole rings is 1. The SMILES string of the molecule is CCOc1cccc(-n2c(N)nc3cc(F)c(Br)cc32)c1. The Bertz CT molecular complexity index is 816. The van der Waals surface area contributed by atoms with Crippen molar-refractivity contribution in [2.45, 2.75) is 6.92 Å². The van der Waals surface area contributed by atoms with Crippen LogP contribution in [0.5, 0.6) is 5.75 Å². The number of nitrogen functional groups attached to an aromatic ring is 1. The van der Waals surface area contributed by atoms with Crippen molar-refractivity contribution < 1.29 is 9.13 Å². The van der Waals surface area contributed by atoms with Crippen LogP contribution >= 0.6 is 15.9 Å². The number of hydrogen-bond acceptors (Lipinski definition) is 3. The number of benzene rings is 2. The van der Waals surface area contributed by atoms with Gasteiger partial charge in [-0.1, -0.05) is 6.07 Å². The van der Waals surface area contributed by atoms with Gasteiger partial charge in [0.1, 0.15) is 11.6 Å². The summed E-state index contributed by atoms with van der Waals surface area (Å²) in [7, 11) is 0. The van der Waals surface area contributed by atoms with Crippen LogP contribution in [-0.2, 0) is 0 Å². The van der Waals surface area contributed by atoms with Gasteiger partial charge in [-0.05, 0) is 41.1 Å². The minimum atomic E-state index is -0.366. The predicted octanol–water partition coefficient (Wildman–Crippen LogP) is 3.91. The molecule has 21 heavy (non-hydrogen) atoms. The molecule has 0 unspecified atom stereocenters. The average molecular weight is 350 g/mol. The van der Waals surface area contributed by atoms with E-state index in [-0.39, 0.29) is 5.82 Å². The molecular weight excluding hydrogens is 337 g/mol. The first-order chi connectivity index (χ1) is 10.1. The van der Waals surface area contributed by atoms with Gasteiger partial charge in [-0.25, -0.2) is 9.37 Å². The standard InChI is InChI=1S/C15H13BrFN3O/c1-2-21-10-5-3-4-9(6-10)20-14-7-11(16)12(17)8-13(14)19-15(20)18/h3-8H,2H2,1H3,(H2,18,19). The van der Waals surface area contributed by atoms with Gasteiger partial charge < -0.3 is 10.5 Å². The maximum Gasteiger partial charge on any atom is 0.205 e. The van der Waals surface area contributed by atoms with Crippen LogP contribution in [-0.4, -0.2) is 16.2 Å². The molecular formula is C15H13BrFN3O. The van der Waals surface area contributed by atoms with E-state index in [1.165, 1.54) is 6.07 Å². The summed E-state index contributed by atoms with van der Waals surface area (Å²) in [6.07, 6.45) is 0. The van der Waals surface area contributed by atoms with Gasteiger partial charge in [0.25, 0.3) is 0 Å². The Kier molecular flexibility index (Phi) is 3.55. The van der Waals surface area contributed by atoms with Crippen LogP contribution in [0.1, 0.15) is 6.92 Å². The lowest BCUT2D eigenvalue weighted by atomic mass is 10.2. The van der Waals surface area contributed by atoms with Crippen molar-refractivity contribution in [2.75, 3.05) is 12.3 Å². The van der Waals surface area contributed by atoms with Crippen LogP contribution in [0.2, 0.25) is 0 Å². The zero-order valence-corrected chi connectivity index (χ0v) is 12.9. The van der Waals surface area contributed by atoms with E-state index in [1.807, 2.05) is 31.2 Å². The Hall–Kier alpha value is -2.08. The maximum atomic E-state index is 13.6. The Balaban J connectivity index is 2.22. The molecule has 0 saturated heterocycles. The molecule has 0 aliphatic heterocycles. The maximum absolute atomic E-state index is 13.6. The number of fused-ring (bicyclic) bond motifs is 1. The van der Waals surface area contributed by atoms with Gasteiger partial charge in [-0.2, -0.15) is 0 Å². The normalized spacial score (nSPS) is 11.0. The predicted molar refractivity (Wildman–Crippen MR) is 84.3 cm³/mol. The fraction of sp³-hybridized carbons (Fsp3) is 0.133. The lowest BCUT2D eigenvalue weighted by Crippen LogP contribution is -2.01. The summed E-state index contributed by atoms with van der Waals surface area (Å²) in [6.45, 7) is 2.51. The van der Waals surface area contributed by atoms with Crippen molar-refractivity contribution in [3.63, 3.8) is 0 Å². The van der Waals surface area contributed by atoms with Gasteiger partial charge in [0.05, 0.1) is 27.8 Å². The molecule has 0 amide bonds. The molecule has 3 rings (SSSR count). The zero-order valence-electron chi connectivity index (χ0n) is 11.3. The number of nitrogens with zero attached hydrogens (tertiary/aromatic N) is 2. The van der Waals surface area contributed by atoms with E-state index >= 15 is 0 Å². The number of anilines is 1. The van der Waals surface area contributed by atoms with Gasteiger partial charge in [0, 0.05) is 12.1 Å². The highest BCUT2D eigenvalue weighted by molar-refractivity contribution is 9.10. The summed E-state index contributed by atoms with van der Waals surface area (Å²) < 4.78 is 21.2. The van der Waals surface area contributed by atoms with Gasteiger partial charge in [-0.15, -0.1) is 0 Å². The third-order valence-corrected chi connectivity index (χ3v) is 3.72. The Morgan fingerprint density at radius 1 is 1.33 bits per heavy atom. The molecule has 4 nitrogen and oxygen atoms in total. The average Bonchev–Trinajstić information content (AvgIpc) is 2.75. The van der Waals surface area contributed by atoms with Gasteiger partial charge in [0.2, 0.25) is 5.95 Å². The third kappa shape index (κ3) is 2.47. The van der Waals surface area contributed by atoms with Crippen LogP contribution in [0.15, 0.2) is 40.9 Å². The highest BCUT2D eigenvalue weighted by Gasteiger charge is 2.13. The first-order valence-electron chi connectivity index (χ1n) is 6.46. The number of aromatic nitrogens is 2. The molecule has 0 atom stereocenters. The van der Waals surface area contributed by atoms with E-state index in [0.717, 1.165) is 17.0 Å². The van der Waals surface area contributed by atoms with Crippen LogP contribution < -0.4 is 10.5 Å². The van der Waals surface area contributed by atoms with E-state index in [4.69, 9.17) is 10.5 Å². The summed E-state index contributed by atoms with van der Waals surface area (Å²) >= 11 is 3.19. The number of nitrogens with two attached hydrogens (primary N) is 1. The second-order valence-electron chi connectivity index (χ2n) is 4.49. The van der Waals surface area contributed by atoms with E-state index in [2.05, 4.69) is 20.9 Å². The molecule has 6 heteroatoms. The fourth-order valence-corrected chi connectivity index (χ4v) is 2.57. The molecule has 0 spiro atoms. The molecule has 2 N–H and O–H groups in total. The van der Waals surface area contributed by atoms with Gasteiger partial charge in [0.15, 0.2) is 0 Å². The van der Waals surface area contributed by atoms with E-state index in [0.29, 0.717) is 22.5 Å². The summed E-state index contributed by atoms with van der Waals surface area (Å²) in [6, 6.07) is 10.6. The molecule has 0 fully saturated rings. The molecule has 0 aliphatic carbocycles. The van der Waals surface area contributed by atoms with Crippen molar-refractivity contribution >= 4 is 32.9 Å². The van der Waals surface area contributed by atoms with Crippen molar-refractivity contribution in [1.29, 1.82) is 0 Å². The first-order valence-corrected chi connectivity index (χ1v) is 7.25. The topological polar surface area (TPSA) is 53.1 Å². The Morgan fingerprint density at radius 2 is 2.14 bits per heavy atom. The monoisotopic (exact) mass is 349 g/mol. The second-order valence-corrected chi connectivity index (χ2v) is 5.35. The molecule has 3 aromatic rings. The quantitative estimate of drug-likeness (QED) is 0.779. The van der Waals surface area contributed by atoms with Crippen LogP contribution in [0.3, 0.4) is 0 Å². The number of rotatable bonds is 3. The molecule has 1 heterocycles. The van der Waals surface area contributed by atoms with Crippen molar-refractivity contribution in [1.82, 2.24) is 9.55 Å². The summed E-state index contributed by atoms with van der Waals surface area (Å²) in [5, 5.41) is 0. The van der Waals surface area contributed by atoms with Crippen LogP contribution in [0, 0.1) is 5.82 Å². The van der Waals surface area contributed by atoms with Crippen molar-refractivity contribution in [2.24, 2.45) is 0 Å². The lowest BCUT2D eigenvalue weighted by Gasteiger charge is -2.09. The van der Waals surface area contributed by atoms with Crippen molar-refractivity contribution in [3.05, 3.63) is 46.7 Å². The molecule has 0 bridgehead atoms. The highest BCUT2D eigenvalue weighted by atomic mass is 79.9.